The lowest BCUT2D eigenvalue weighted by molar-refractivity contribution is -0.140. The molecular formula is C22H24F4N2O. The maximum Gasteiger partial charge on any atom is 0.419 e. The summed E-state index contributed by atoms with van der Waals surface area (Å²) in [5, 5.41) is 2.74. The molecule has 1 heterocycles. The van der Waals surface area contributed by atoms with Gasteiger partial charge in [-0.05, 0) is 73.7 Å². The Labute approximate surface area is 167 Å². The first-order valence-electron chi connectivity index (χ1n) is 9.65. The molecule has 1 aliphatic rings. The van der Waals surface area contributed by atoms with Crippen molar-refractivity contribution in [2.45, 2.75) is 38.9 Å². The number of carbonyl (C=O) groups excluding carboxylic acids is 1. The molecule has 0 bridgehead atoms. The van der Waals surface area contributed by atoms with E-state index < -0.39 is 17.6 Å². The number of likely N-dealkylation sites (tertiary alicyclic amines) is 1. The number of halogens is 4. The average Bonchev–Trinajstić information content (AvgIpc) is 2.65. The molecular weight excluding hydrogens is 384 g/mol. The highest BCUT2D eigenvalue weighted by Gasteiger charge is 2.34. The number of alkyl halides is 3. The molecule has 3 nitrogen and oxygen atoms in total. The van der Waals surface area contributed by atoms with Gasteiger partial charge in [-0.1, -0.05) is 18.2 Å². The molecule has 0 unspecified atom stereocenters. The third-order valence-electron chi connectivity index (χ3n) is 5.25. The van der Waals surface area contributed by atoms with Crippen LogP contribution in [0.2, 0.25) is 0 Å². The molecule has 2 aromatic carbocycles. The lowest BCUT2D eigenvalue weighted by atomic mass is 9.90. The van der Waals surface area contributed by atoms with Crippen LogP contribution < -0.4 is 5.32 Å². The summed E-state index contributed by atoms with van der Waals surface area (Å²) < 4.78 is 52.1. The lowest BCUT2D eigenvalue weighted by Crippen LogP contribution is -2.34. The van der Waals surface area contributed by atoms with E-state index in [0.29, 0.717) is 18.0 Å². The number of hydrogen-bond acceptors (Lipinski definition) is 2. The van der Waals surface area contributed by atoms with Crippen molar-refractivity contribution >= 4 is 11.6 Å². The monoisotopic (exact) mass is 408 g/mol. The number of amides is 1. The zero-order valence-corrected chi connectivity index (χ0v) is 16.2. The Balaban J connectivity index is 1.51. The third-order valence-corrected chi connectivity index (χ3v) is 5.25. The Hall–Kier alpha value is -2.41. The fourth-order valence-electron chi connectivity index (χ4n) is 3.76. The third kappa shape index (κ3) is 6.03. The van der Waals surface area contributed by atoms with E-state index in [4.69, 9.17) is 0 Å². The van der Waals surface area contributed by atoms with Gasteiger partial charge in [0.25, 0.3) is 0 Å². The number of nitrogens with one attached hydrogen (secondary N) is 1. The first kappa shape index (κ1) is 21.3. The molecule has 2 aromatic rings. The van der Waals surface area contributed by atoms with Crippen LogP contribution in [0.4, 0.5) is 23.2 Å². The first-order chi connectivity index (χ1) is 13.7. The molecule has 29 heavy (non-hydrogen) atoms. The van der Waals surface area contributed by atoms with Crippen molar-refractivity contribution in [1.29, 1.82) is 0 Å². The van der Waals surface area contributed by atoms with E-state index in [1.54, 1.807) is 0 Å². The van der Waals surface area contributed by atoms with E-state index in [2.05, 4.69) is 10.2 Å². The molecule has 1 fully saturated rings. The van der Waals surface area contributed by atoms with Crippen LogP contribution in [0.25, 0.3) is 0 Å². The van der Waals surface area contributed by atoms with Crippen molar-refractivity contribution in [2.75, 3.05) is 18.4 Å². The van der Waals surface area contributed by atoms with Crippen LogP contribution >= 0.6 is 0 Å². The molecule has 0 atom stereocenters. The topological polar surface area (TPSA) is 32.3 Å². The van der Waals surface area contributed by atoms with Gasteiger partial charge in [-0.3, -0.25) is 9.69 Å². The molecule has 0 aromatic heterocycles. The largest absolute Gasteiger partial charge is 0.419 e. The summed E-state index contributed by atoms with van der Waals surface area (Å²) in [6.45, 7) is 3.46. The van der Waals surface area contributed by atoms with E-state index in [1.165, 1.54) is 18.6 Å². The predicted octanol–water partition coefficient (Wildman–Crippen LogP) is 5.26. The van der Waals surface area contributed by atoms with Crippen LogP contribution in [0.5, 0.6) is 0 Å². The normalized spacial score (nSPS) is 16.0. The molecule has 7 heteroatoms. The van der Waals surface area contributed by atoms with Gasteiger partial charge in [-0.2, -0.15) is 13.2 Å². The van der Waals surface area contributed by atoms with Crippen molar-refractivity contribution in [3.63, 3.8) is 0 Å². The fourth-order valence-corrected chi connectivity index (χ4v) is 3.76. The van der Waals surface area contributed by atoms with Crippen LogP contribution in [0.3, 0.4) is 0 Å². The zero-order valence-electron chi connectivity index (χ0n) is 16.2. The van der Waals surface area contributed by atoms with Crippen LogP contribution in [0.1, 0.15) is 36.5 Å². The summed E-state index contributed by atoms with van der Waals surface area (Å²) in [6, 6.07) is 11.0. The standard InChI is InChI=1S/C22H24F4N2O/c1-15(29)27-19-5-2-16(3-6-19)12-17-8-10-28(11-9-17)14-18-4-7-21(23)20(13-18)22(24,25)26/h2-7,13,17H,8-12,14H2,1H3,(H,27,29). The van der Waals surface area contributed by atoms with Crippen molar-refractivity contribution < 1.29 is 22.4 Å². The van der Waals surface area contributed by atoms with Gasteiger partial charge in [-0.15, -0.1) is 0 Å². The second kappa shape index (κ2) is 8.95. The minimum Gasteiger partial charge on any atom is -0.326 e. The van der Waals surface area contributed by atoms with Gasteiger partial charge in [0.2, 0.25) is 5.91 Å². The number of rotatable bonds is 5. The number of carbonyl (C=O) groups is 1. The van der Waals surface area contributed by atoms with Crippen LogP contribution in [-0.2, 0) is 23.9 Å². The highest BCUT2D eigenvalue weighted by atomic mass is 19.4. The van der Waals surface area contributed by atoms with Crippen molar-refractivity contribution in [3.05, 3.63) is 65.0 Å². The molecule has 1 aliphatic heterocycles. The number of piperidine rings is 1. The van der Waals surface area contributed by atoms with Crippen LogP contribution in [-0.4, -0.2) is 23.9 Å². The SMILES string of the molecule is CC(=O)Nc1ccc(CC2CCN(Cc3ccc(F)c(C(F)(F)F)c3)CC2)cc1. The van der Waals surface area contributed by atoms with Crippen molar-refractivity contribution in [1.82, 2.24) is 4.90 Å². The van der Waals surface area contributed by atoms with Crippen molar-refractivity contribution in [2.24, 2.45) is 5.92 Å². The maximum absolute atomic E-state index is 13.4. The predicted molar refractivity (Wildman–Crippen MR) is 104 cm³/mol. The Morgan fingerprint density at radius 3 is 2.28 bits per heavy atom. The highest BCUT2D eigenvalue weighted by molar-refractivity contribution is 5.88. The number of hydrogen-bond donors (Lipinski definition) is 1. The summed E-state index contributed by atoms with van der Waals surface area (Å²) in [5.41, 5.74) is 1.25. The summed E-state index contributed by atoms with van der Waals surface area (Å²) in [7, 11) is 0. The van der Waals surface area contributed by atoms with Gasteiger partial charge in [0.05, 0.1) is 5.56 Å². The number of anilines is 1. The minimum atomic E-state index is -4.68. The quantitative estimate of drug-likeness (QED) is 0.685. The first-order valence-corrected chi connectivity index (χ1v) is 9.65. The molecule has 0 saturated carbocycles. The molecule has 1 saturated heterocycles. The molecule has 0 aliphatic carbocycles. The van der Waals surface area contributed by atoms with Gasteiger partial charge < -0.3 is 5.32 Å². The van der Waals surface area contributed by atoms with Gasteiger partial charge >= 0.3 is 6.18 Å². The lowest BCUT2D eigenvalue weighted by Gasteiger charge is -2.32. The zero-order chi connectivity index (χ0) is 21.0. The Morgan fingerprint density at radius 2 is 1.69 bits per heavy atom. The fraction of sp³-hybridized carbons (Fsp3) is 0.409. The second-order valence-electron chi connectivity index (χ2n) is 7.61. The maximum atomic E-state index is 13.4. The molecule has 0 radical (unpaired) electrons. The Kier molecular flexibility index (Phi) is 6.57. The van der Waals surface area contributed by atoms with Gasteiger partial charge in [0.15, 0.2) is 0 Å². The summed E-state index contributed by atoms with van der Waals surface area (Å²) in [6.07, 6.45) is -1.83. The van der Waals surface area contributed by atoms with Crippen LogP contribution in [0, 0.1) is 11.7 Å². The van der Waals surface area contributed by atoms with E-state index in [9.17, 15) is 22.4 Å². The smallest absolute Gasteiger partial charge is 0.326 e. The van der Waals surface area contributed by atoms with Crippen molar-refractivity contribution in [3.8, 4) is 0 Å². The summed E-state index contributed by atoms with van der Waals surface area (Å²) in [4.78, 5) is 13.2. The summed E-state index contributed by atoms with van der Waals surface area (Å²) in [5.74, 6) is -0.824. The van der Waals surface area contributed by atoms with E-state index in [-0.39, 0.29) is 5.91 Å². The molecule has 1 amide bonds. The molecule has 3 rings (SSSR count). The van der Waals surface area contributed by atoms with E-state index in [1.807, 2.05) is 24.3 Å². The minimum absolute atomic E-state index is 0.103. The van der Waals surface area contributed by atoms with E-state index >= 15 is 0 Å². The summed E-state index contributed by atoms with van der Waals surface area (Å²) >= 11 is 0. The molecule has 156 valence electrons. The van der Waals surface area contributed by atoms with Gasteiger partial charge in [-0.25, -0.2) is 4.39 Å². The van der Waals surface area contributed by atoms with E-state index in [0.717, 1.165) is 50.2 Å². The highest BCUT2D eigenvalue weighted by Crippen LogP contribution is 2.32. The Morgan fingerprint density at radius 1 is 1.07 bits per heavy atom. The Bertz CT molecular complexity index is 841. The van der Waals surface area contributed by atoms with Gasteiger partial charge in [0.1, 0.15) is 5.82 Å². The average molecular weight is 408 g/mol. The number of nitrogens with zero attached hydrogens (tertiary/aromatic N) is 1. The van der Waals surface area contributed by atoms with Gasteiger partial charge in [0, 0.05) is 19.2 Å². The number of benzene rings is 2. The van der Waals surface area contributed by atoms with Crippen LogP contribution in [0.15, 0.2) is 42.5 Å². The second-order valence-corrected chi connectivity index (χ2v) is 7.61. The molecule has 1 N–H and O–H groups in total. The molecule has 0 spiro atoms.